The van der Waals surface area contributed by atoms with Gasteiger partial charge in [-0.15, -0.1) is 0 Å². The van der Waals surface area contributed by atoms with Gasteiger partial charge in [0, 0.05) is 18.2 Å². The fourth-order valence-corrected chi connectivity index (χ4v) is 1.53. The molecule has 0 spiro atoms. The Bertz CT molecular complexity index is 347. The highest BCUT2D eigenvalue weighted by atomic mass is 16.2. The van der Waals surface area contributed by atoms with E-state index in [2.05, 4.69) is 5.43 Å². The van der Waals surface area contributed by atoms with Crippen LogP contribution < -0.4 is 16.2 Å². The van der Waals surface area contributed by atoms with Crippen LogP contribution in [0.4, 0.5) is 11.4 Å². The van der Waals surface area contributed by atoms with Gasteiger partial charge in [-0.3, -0.25) is 4.79 Å². The molecular formula is C10H13N3O. The summed E-state index contributed by atoms with van der Waals surface area (Å²) in [6.07, 6.45) is 0.546. The third-order valence-corrected chi connectivity index (χ3v) is 2.23. The highest BCUT2D eigenvalue weighted by Gasteiger charge is 2.26. The number of carbonyl (C=O) groups is 1. The third kappa shape index (κ3) is 1.56. The van der Waals surface area contributed by atoms with Crippen molar-refractivity contribution in [3.05, 3.63) is 24.3 Å². The Labute approximate surface area is 82.7 Å². The molecule has 1 unspecified atom stereocenters. The van der Waals surface area contributed by atoms with Gasteiger partial charge < -0.3 is 5.73 Å². The van der Waals surface area contributed by atoms with E-state index in [1.807, 2.05) is 19.1 Å². The van der Waals surface area contributed by atoms with Gasteiger partial charge >= 0.3 is 0 Å². The van der Waals surface area contributed by atoms with Crippen LogP contribution in [0.25, 0.3) is 0 Å². The van der Waals surface area contributed by atoms with Crippen LogP contribution in [-0.2, 0) is 4.79 Å². The second-order valence-electron chi connectivity index (χ2n) is 3.55. The van der Waals surface area contributed by atoms with Gasteiger partial charge in [0.2, 0.25) is 5.91 Å². The van der Waals surface area contributed by atoms with E-state index in [1.165, 1.54) is 0 Å². The van der Waals surface area contributed by atoms with Crippen molar-refractivity contribution in [1.29, 1.82) is 0 Å². The zero-order valence-corrected chi connectivity index (χ0v) is 8.03. The smallest absolute Gasteiger partial charge is 0.242 e. The van der Waals surface area contributed by atoms with Crippen molar-refractivity contribution in [1.82, 2.24) is 5.43 Å². The number of anilines is 2. The van der Waals surface area contributed by atoms with Gasteiger partial charge in [-0.1, -0.05) is 0 Å². The van der Waals surface area contributed by atoms with E-state index in [0.717, 1.165) is 5.69 Å². The summed E-state index contributed by atoms with van der Waals surface area (Å²) in [5.74, 6) is 0.0993. The molecule has 1 aliphatic heterocycles. The minimum absolute atomic E-state index is 0.0993. The van der Waals surface area contributed by atoms with Gasteiger partial charge in [-0.2, -0.15) is 0 Å². The number of nitrogen functional groups attached to an aromatic ring is 1. The number of hydrazine groups is 1. The Balaban J connectivity index is 2.23. The molecule has 1 heterocycles. The topological polar surface area (TPSA) is 58.4 Å². The number of nitrogens with one attached hydrogen (secondary N) is 1. The monoisotopic (exact) mass is 191 g/mol. The Kier molecular flexibility index (Phi) is 2.13. The maximum Gasteiger partial charge on any atom is 0.242 e. The quantitative estimate of drug-likeness (QED) is 0.648. The van der Waals surface area contributed by atoms with E-state index in [-0.39, 0.29) is 11.9 Å². The normalized spacial score (nSPS) is 21.6. The van der Waals surface area contributed by atoms with Gasteiger partial charge in [0.15, 0.2) is 0 Å². The van der Waals surface area contributed by atoms with Crippen LogP contribution in [0.2, 0.25) is 0 Å². The molecule has 4 nitrogen and oxygen atoms in total. The molecule has 0 radical (unpaired) electrons. The maximum absolute atomic E-state index is 11.5. The van der Waals surface area contributed by atoms with Gasteiger partial charge in [-0.05, 0) is 31.2 Å². The van der Waals surface area contributed by atoms with Crippen LogP contribution in [0.15, 0.2) is 24.3 Å². The molecule has 4 heteroatoms. The van der Waals surface area contributed by atoms with Gasteiger partial charge in [0.05, 0.1) is 5.69 Å². The molecule has 1 amide bonds. The van der Waals surface area contributed by atoms with Gasteiger partial charge in [0.25, 0.3) is 0 Å². The minimum Gasteiger partial charge on any atom is -0.399 e. The Morgan fingerprint density at radius 3 is 2.57 bits per heavy atom. The fourth-order valence-electron chi connectivity index (χ4n) is 1.53. The lowest BCUT2D eigenvalue weighted by molar-refractivity contribution is -0.117. The molecule has 14 heavy (non-hydrogen) atoms. The van der Waals surface area contributed by atoms with Crippen LogP contribution in [0, 0.1) is 0 Å². The number of carbonyl (C=O) groups excluding carboxylic acids is 1. The van der Waals surface area contributed by atoms with Gasteiger partial charge in [0.1, 0.15) is 0 Å². The Morgan fingerprint density at radius 2 is 2.07 bits per heavy atom. The molecular weight excluding hydrogens is 178 g/mol. The molecule has 1 saturated heterocycles. The lowest BCUT2D eigenvalue weighted by Gasteiger charge is -2.16. The second-order valence-corrected chi connectivity index (χ2v) is 3.55. The van der Waals surface area contributed by atoms with Crippen molar-refractivity contribution < 1.29 is 4.79 Å². The number of nitrogens with zero attached hydrogens (tertiary/aromatic N) is 1. The molecule has 0 aliphatic carbocycles. The molecule has 0 saturated carbocycles. The summed E-state index contributed by atoms with van der Waals surface area (Å²) in [6, 6.07) is 7.44. The number of rotatable bonds is 1. The number of nitrogens with two attached hydrogens (primary N) is 1. The van der Waals surface area contributed by atoms with Crippen molar-refractivity contribution >= 4 is 17.3 Å². The molecule has 0 aromatic heterocycles. The molecule has 0 bridgehead atoms. The maximum atomic E-state index is 11.5. The lowest BCUT2D eigenvalue weighted by Crippen LogP contribution is -2.36. The van der Waals surface area contributed by atoms with Crippen molar-refractivity contribution in [3.63, 3.8) is 0 Å². The first-order chi connectivity index (χ1) is 6.66. The summed E-state index contributed by atoms with van der Waals surface area (Å²) in [6.45, 7) is 1.98. The minimum atomic E-state index is 0.0993. The Morgan fingerprint density at radius 1 is 1.43 bits per heavy atom. The molecule has 1 atom stereocenters. The summed E-state index contributed by atoms with van der Waals surface area (Å²) in [4.78, 5) is 11.5. The summed E-state index contributed by atoms with van der Waals surface area (Å²) < 4.78 is 0. The molecule has 1 aromatic carbocycles. The van der Waals surface area contributed by atoms with E-state index < -0.39 is 0 Å². The number of amides is 1. The van der Waals surface area contributed by atoms with Crippen LogP contribution in [-0.4, -0.2) is 11.9 Å². The average Bonchev–Trinajstić information content (AvgIpc) is 2.47. The zero-order valence-electron chi connectivity index (χ0n) is 8.03. The molecule has 1 fully saturated rings. The molecule has 2 rings (SSSR count). The zero-order chi connectivity index (χ0) is 10.1. The molecule has 1 aliphatic rings. The van der Waals surface area contributed by atoms with Crippen molar-refractivity contribution in [3.8, 4) is 0 Å². The van der Waals surface area contributed by atoms with Crippen LogP contribution >= 0.6 is 0 Å². The van der Waals surface area contributed by atoms with E-state index in [9.17, 15) is 4.79 Å². The first-order valence-electron chi connectivity index (χ1n) is 4.61. The van der Waals surface area contributed by atoms with E-state index in [0.29, 0.717) is 12.1 Å². The second kappa shape index (κ2) is 3.31. The summed E-state index contributed by atoms with van der Waals surface area (Å²) in [7, 11) is 0. The lowest BCUT2D eigenvalue weighted by atomic mass is 10.2. The predicted octanol–water partition coefficient (Wildman–Crippen LogP) is 0.899. The SMILES string of the molecule is CC1CC(=O)N(c2ccc(N)cc2)N1. The van der Waals surface area contributed by atoms with Crippen LogP contribution in [0.1, 0.15) is 13.3 Å². The van der Waals surface area contributed by atoms with Crippen molar-refractivity contribution in [2.75, 3.05) is 10.7 Å². The first kappa shape index (κ1) is 9.02. The molecule has 1 aromatic rings. The van der Waals surface area contributed by atoms with Crippen LogP contribution in [0.3, 0.4) is 0 Å². The fraction of sp³-hybridized carbons (Fsp3) is 0.300. The van der Waals surface area contributed by atoms with Crippen LogP contribution in [0.5, 0.6) is 0 Å². The average molecular weight is 191 g/mol. The number of benzene rings is 1. The summed E-state index contributed by atoms with van der Waals surface area (Å²) in [5, 5.41) is 1.57. The summed E-state index contributed by atoms with van der Waals surface area (Å²) >= 11 is 0. The third-order valence-electron chi connectivity index (χ3n) is 2.23. The predicted molar refractivity (Wildman–Crippen MR) is 55.6 cm³/mol. The summed E-state index contributed by atoms with van der Waals surface area (Å²) in [5.41, 5.74) is 10.2. The number of hydrogen-bond donors (Lipinski definition) is 2. The van der Waals surface area contributed by atoms with Gasteiger partial charge in [-0.25, -0.2) is 10.4 Å². The highest BCUT2D eigenvalue weighted by Crippen LogP contribution is 2.19. The largest absolute Gasteiger partial charge is 0.399 e. The highest BCUT2D eigenvalue weighted by molar-refractivity contribution is 5.94. The molecule has 74 valence electrons. The van der Waals surface area contributed by atoms with Crippen molar-refractivity contribution in [2.45, 2.75) is 19.4 Å². The van der Waals surface area contributed by atoms with E-state index in [4.69, 9.17) is 5.73 Å². The Hall–Kier alpha value is -1.55. The van der Waals surface area contributed by atoms with E-state index in [1.54, 1.807) is 17.1 Å². The standard InChI is InChI=1S/C10H13N3O/c1-7-6-10(14)13(12-7)9-4-2-8(11)3-5-9/h2-5,7,12H,6,11H2,1H3. The molecule has 3 N–H and O–H groups in total. The van der Waals surface area contributed by atoms with Crippen molar-refractivity contribution in [2.24, 2.45) is 0 Å². The first-order valence-corrected chi connectivity index (χ1v) is 4.61. The number of hydrogen-bond acceptors (Lipinski definition) is 3. The van der Waals surface area contributed by atoms with E-state index >= 15 is 0 Å².